The van der Waals surface area contributed by atoms with Gasteiger partial charge in [-0.2, -0.15) is 0 Å². The van der Waals surface area contributed by atoms with Crippen LogP contribution in [0.4, 0.5) is 0 Å². The second-order valence-corrected chi connectivity index (χ2v) is 5.73. The maximum absolute atomic E-state index is 12.3. The largest absolute Gasteiger partial charge is 0.496 e. The van der Waals surface area contributed by atoms with E-state index in [4.69, 9.17) is 4.74 Å². The van der Waals surface area contributed by atoms with Crippen molar-refractivity contribution < 1.29 is 9.53 Å². The third-order valence-corrected chi connectivity index (χ3v) is 4.14. The van der Waals surface area contributed by atoms with Crippen molar-refractivity contribution in [1.29, 1.82) is 0 Å². The normalized spacial score (nSPS) is 19.9. The molecule has 24 heavy (non-hydrogen) atoms. The zero-order chi connectivity index (χ0) is 16.8. The molecule has 1 fully saturated rings. The van der Waals surface area contributed by atoms with E-state index in [9.17, 15) is 4.79 Å². The van der Waals surface area contributed by atoms with E-state index in [0.29, 0.717) is 13.0 Å². The highest BCUT2D eigenvalue weighted by Crippen LogP contribution is 2.29. The Morgan fingerprint density at radius 1 is 1.25 bits per heavy atom. The van der Waals surface area contributed by atoms with Gasteiger partial charge in [-0.05, 0) is 24.6 Å². The van der Waals surface area contributed by atoms with Crippen molar-refractivity contribution >= 4 is 5.91 Å². The predicted molar refractivity (Wildman–Crippen MR) is 91.4 cm³/mol. The van der Waals surface area contributed by atoms with E-state index in [0.717, 1.165) is 23.4 Å². The molecule has 2 aromatic rings. The minimum absolute atomic E-state index is 0.00386. The number of rotatable bonds is 6. The van der Waals surface area contributed by atoms with E-state index in [1.54, 1.807) is 13.3 Å². The maximum Gasteiger partial charge on any atom is 0.238 e. The molecule has 3 N–H and O–H groups in total. The van der Waals surface area contributed by atoms with E-state index in [1.807, 2.05) is 42.5 Å². The fraction of sp³-hybridized carbons (Fsp3) is 0.333. The molecule has 2 unspecified atom stereocenters. The lowest BCUT2D eigenvalue weighted by Gasteiger charge is -2.14. The van der Waals surface area contributed by atoms with Gasteiger partial charge in [0.05, 0.1) is 13.2 Å². The molecule has 0 spiro atoms. The van der Waals surface area contributed by atoms with Crippen molar-refractivity contribution in [3.05, 3.63) is 59.9 Å². The van der Waals surface area contributed by atoms with Crippen LogP contribution in [0, 0.1) is 0 Å². The number of ether oxygens (including phenoxy) is 1. The number of nitrogens with one attached hydrogen (secondary N) is 3. The molecule has 0 radical (unpaired) electrons. The van der Waals surface area contributed by atoms with Crippen LogP contribution in [0.5, 0.6) is 5.75 Å². The lowest BCUT2D eigenvalue weighted by molar-refractivity contribution is -0.122. The highest BCUT2D eigenvalue weighted by molar-refractivity contribution is 5.82. The molecular weight excluding hydrogens is 304 g/mol. The van der Waals surface area contributed by atoms with Gasteiger partial charge in [0.1, 0.15) is 11.8 Å². The number of hydrazine groups is 1. The minimum Gasteiger partial charge on any atom is -0.496 e. The summed E-state index contributed by atoms with van der Waals surface area (Å²) in [5.41, 5.74) is 8.28. The Morgan fingerprint density at radius 2 is 2.08 bits per heavy atom. The molecule has 0 aliphatic carbocycles. The summed E-state index contributed by atoms with van der Waals surface area (Å²) >= 11 is 0. The van der Waals surface area contributed by atoms with Crippen LogP contribution in [0.2, 0.25) is 0 Å². The van der Waals surface area contributed by atoms with Crippen molar-refractivity contribution in [1.82, 2.24) is 21.2 Å². The lowest BCUT2D eigenvalue weighted by Crippen LogP contribution is -2.43. The molecule has 126 valence electrons. The zero-order valence-electron chi connectivity index (χ0n) is 13.7. The summed E-state index contributed by atoms with van der Waals surface area (Å²) in [7, 11) is 1.66. The van der Waals surface area contributed by atoms with Crippen LogP contribution < -0.4 is 20.9 Å². The Labute approximate surface area is 141 Å². The Kier molecular flexibility index (Phi) is 5.40. The molecule has 6 nitrogen and oxygen atoms in total. The number of amides is 1. The summed E-state index contributed by atoms with van der Waals surface area (Å²) in [6.07, 6.45) is 3.16. The minimum atomic E-state index is -0.261. The first-order valence-corrected chi connectivity index (χ1v) is 8.09. The van der Waals surface area contributed by atoms with Gasteiger partial charge in [-0.25, -0.2) is 10.9 Å². The molecule has 2 heterocycles. The van der Waals surface area contributed by atoms with Crippen molar-refractivity contribution in [3.8, 4) is 5.75 Å². The fourth-order valence-electron chi connectivity index (χ4n) is 2.87. The van der Waals surface area contributed by atoms with Gasteiger partial charge in [0.2, 0.25) is 5.91 Å². The highest BCUT2D eigenvalue weighted by atomic mass is 16.5. The average Bonchev–Trinajstić information content (AvgIpc) is 3.12. The standard InChI is InChI=1S/C18H22N4O2/c1-24-17-8-3-2-7-14(17)15-12-16(22-21-15)18(23)20-11-9-13-6-4-5-10-19-13/h2-8,10,15-16,21-22H,9,11-12H2,1H3,(H,20,23). The summed E-state index contributed by atoms with van der Waals surface area (Å²) in [5.74, 6) is 0.823. The van der Waals surface area contributed by atoms with Crippen LogP contribution in [0.1, 0.15) is 23.7 Å². The number of carbonyl (C=O) groups excluding carboxylic acids is 1. The molecule has 6 heteroatoms. The summed E-state index contributed by atoms with van der Waals surface area (Å²) in [6.45, 7) is 0.577. The first-order valence-electron chi connectivity index (χ1n) is 8.09. The number of hydrogen-bond donors (Lipinski definition) is 3. The van der Waals surface area contributed by atoms with Crippen LogP contribution in [-0.4, -0.2) is 30.6 Å². The number of carbonyl (C=O) groups is 1. The van der Waals surface area contributed by atoms with Gasteiger partial charge in [-0.3, -0.25) is 9.78 Å². The number of aromatic nitrogens is 1. The van der Waals surface area contributed by atoms with Crippen molar-refractivity contribution in [2.45, 2.75) is 24.9 Å². The van der Waals surface area contributed by atoms with Crippen LogP contribution in [0.25, 0.3) is 0 Å². The molecule has 1 amide bonds. The Bertz CT molecular complexity index is 678. The highest BCUT2D eigenvalue weighted by Gasteiger charge is 2.31. The molecule has 2 atom stereocenters. The van der Waals surface area contributed by atoms with Crippen molar-refractivity contribution in [2.75, 3.05) is 13.7 Å². The van der Waals surface area contributed by atoms with E-state index < -0.39 is 0 Å². The first kappa shape index (κ1) is 16.4. The molecule has 1 aromatic carbocycles. The van der Waals surface area contributed by atoms with Crippen molar-refractivity contribution in [3.63, 3.8) is 0 Å². The Balaban J connectivity index is 1.51. The molecular formula is C18H22N4O2. The summed E-state index contributed by atoms with van der Waals surface area (Å²) in [6, 6.07) is 13.4. The lowest BCUT2D eigenvalue weighted by atomic mass is 10.0. The van der Waals surface area contributed by atoms with Crippen LogP contribution in [0.15, 0.2) is 48.7 Å². The molecule has 1 aliphatic rings. The Morgan fingerprint density at radius 3 is 2.88 bits per heavy atom. The number of para-hydroxylation sites is 1. The van der Waals surface area contributed by atoms with Gasteiger partial charge in [0.15, 0.2) is 0 Å². The SMILES string of the molecule is COc1ccccc1C1CC(C(=O)NCCc2ccccn2)NN1. The number of methoxy groups -OCH3 is 1. The molecule has 1 aromatic heterocycles. The van der Waals surface area contributed by atoms with Crippen LogP contribution >= 0.6 is 0 Å². The topological polar surface area (TPSA) is 75.3 Å². The summed E-state index contributed by atoms with van der Waals surface area (Å²) in [4.78, 5) is 16.6. The second kappa shape index (κ2) is 7.90. The second-order valence-electron chi connectivity index (χ2n) is 5.73. The average molecular weight is 326 g/mol. The van der Waals surface area contributed by atoms with E-state index in [1.165, 1.54) is 0 Å². The van der Waals surface area contributed by atoms with E-state index in [-0.39, 0.29) is 18.0 Å². The van der Waals surface area contributed by atoms with Gasteiger partial charge in [0, 0.05) is 30.4 Å². The summed E-state index contributed by atoms with van der Waals surface area (Å²) < 4.78 is 5.39. The monoisotopic (exact) mass is 326 g/mol. The molecule has 1 aliphatic heterocycles. The molecule has 1 saturated heterocycles. The quantitative estimate of drug-likeness (QED) is 0.747. The smallest absolute Gasteiger partial charge is 0.238 e. The van der Waals surface area contributed by atoms with Gasteiger partial charge in [0.25, 0.3) is 0 Å². The predicted octanol–water partition coefficient (Wildman–Crippen LogP) is 1.36. The molecule has 0 saturated carbocycles. The number of pyridine rings is 1. The van der Waals surface area contributed by atoms with Crippen LogP contribution in [-0.2, 0) is 11.2 Å². The fourth-order valence-corrected chi connectivity index (χ4v) is 2.87. The van der Waals surface area contributed by atoms with E-state index >= 15 is 0 Å². The number of nitrogens with zero attached hydrogens (tertiary/aromatic N) is 1. The zero-order valence-corrected chi connectivity index (χ0v) is 13.7. The first-order chi connectivity index (χ1) is 11.8. The van der Waals surface area contributed by atoms with Gasteiger partial charge < -0.3 is 10.1 Å². The van der Waals surface area contributed by atoms with E-state index in [2.05, 4.69) is 21.2 Å². The van der Waals surface area contributed by atoms with Crippen molar-refractivity contribution in [2.24, 2.45) is 0 Å². The molecule has 3 rings (SSSR count). The number of benzene rings is 1. The third kappa shape index (κ3) is 3.90. The Hall–Kier alpha value is -2.44. The molecule has 0 bridgehead atoms. The third-order valence-electron chi connectivity index (χ3n) is 4.14. The van der Waals surface area contributed by atoms with Crippen LogP contribution in [0.3, 0.4) is 0 Å². The maximum atomic E-state index is 12.3. The van der Waals surface area contributed by atoms with Gasteiger partial charge >= 0.3 is 0 Å². The number of hydrogen-bond acceptors (Lipinski definition) is 5. The van der Waals surface area contributed by atoms with Gasteiger partial charge in [-0.1, -0.05) is 24.3 Å². The van der Waals surface area contributed by atoms with Gasteiger partial charge in [-0.15, -0.1) is 0 Å². The summed E-state index contributed by atoms with van der Waals surface area (Å²) in [5, 5.41) is 2.96.